The first kappa shape index (κ1) is 19.7. The molecule has 2 heterocycles. The second kappa shape index (κ2) is 8.09. The molecule has 2 amide bonds. The Morgan fingerprint density at radius 2 is 1.87 bits per heavy atom. The number of rotatable bonds is 2. The van der Waals surface area contributed by atoms with Gasteiger partial charge in [-0.05, 0) is 73.4 Å². The molecule has 0 saturated heterocycles. The highest BCUT2D eigenvalue weighted by Crippen LogP contribution is 2.45. The smallest absolute Gasteiger partial charge is 0.312 e. The molecular formula is C25H25ClN2OS. The van der Waals surface area contributed by atoms with Crippen LogP contribution in [-0.4, -0.2) is 17.5 Å². The number of amides is 2. The molecular weight excluding hydrogens is 412 g/mol. The number of carbonyl (C=O) groups is 1. The van der Waals surface area contributed by atoms with Crippen LogP contribution in [0.2, 0.25) is 5.02 Å². The zero-order valence-electron chi connectivity index (χ0n) is 17.1. The van der Waals surface area contributed by atoms with Crippen LogP contribution in [0.4, 0.5) is 10.5 Å². The van der Waals surface area contributed by atoms with Crippen molar-refractivity contribution < 1.29 is 4.79 Å². The molecule has 0 radical (unpaired) electrons. The molecule has 1 aliphatic heterocycles. The van der Waals surface area contributed by atoms with Gasteiger partial charge in [-0.15, -0.1) is 11.3 Å². The van der Waals surface area contributed by atoms with Gasteiger partial charge in [0.15, 0.2) is 0 Å². The van der Waals surface area contributed by atoms with E-state index in [0.717, 1.165) is 24.2 Å². The van der Waals surface area contributed by atoms with Crippen molar-refractivity contribution in [2.75, 3.05) is 11.9 Å². The van der Waals surface area contributed by atoms with Gasteiger partial charge in [0.2, 0.25) is 0 Å². The molecule has 0 bridgehead atoms. The Labute approximate surface area is 186 Å². The molecule has 0 spiro atoms. The van der Waals surface area contributed by atoms with Crippen LogP contribution in [0.5, 0.6) is 0 Å². The SMILES string of the molecule is Cc1ccc(NC(=O)N2CCc3c(sc4c3CCCC4)C2c2ccccc2)cc1Cl. The summed E-state index contributed by atoms with van der Waals surface area (Å²) in [6.45, 7) is 2.69. The average Bonchev–Trinajstić information content (AvgIpc) is 3.15. The van der Waals surface area contributed by atoms with Gasteiger partial charge in [-0.25, -0.2) is 4.79 Å². The topological polar surface area (TPSA) is 32.3 Å². The zero-order chi connectivity index (χ0) is 20.7. The number of aryl methyl sites for hydroxylation is 2. The fourth-order valence-electron chi connectivity index (χ4n) is 4.70. The van der Waals surface area contributed by atoms with E-state index >= 15 is 0 Å². The van der Waals surface area contributed by atoms with E-state index in [1.54, 1.807) is 10.4 Å². The number of carbonyl (C=O) groups excluding carboxylic acids is 1. The van der Waals surface area contributed by atoms with Gasteiger partial charge in [-0.1, -0.05) is 48.0 Å². The number of nitrogens with one attached hydrogen (secondary N) is 1. The summed E-state index contributed by atoms with van der Waals surface area (Å²) in [5.41, 5.74) is 6.00. The van der Waals surface area contributed by atoms with E-state index in [2.05, 4.69) is 29.6 Å². The quantitative estimate of drug-likeness (QED) is 0.472. The van der Waals surface area contributed by atoms with E-state index in [-0.39, 0.29) is 12.1 Å². The molecule has 1 aromatic heterocycles. The summed E-state index contributed by atoms with van der Waals surface area (Å²) in [6.07, 6.45) is 5.87. The minimum absolute atomic E-state index is 0.0357. The lowest BCUT2D eigenvalue weighted by atomic mass is 9.88. The number of hydrogen-bond donors (Lipinski definition) is 1. The van der Waals surface area contributed by atoms with Crippen LogP contribution >= 0.6 is 22.9 Å². The van der Waals surface area contributed by atoms with Crippen molar-refractivity contribution in [3.05, 3.63) is 85.6 Å². The molecule has 1 N–H and O–H groups in total. The largest absolute Gasteiger partial charge is 0.322 e. The number of urea groups is 1. The van der Waals surface area contributed by atoms with Crippen molar-refractivity contribution in [2.45, 2.75) is 45.1 Å². The van der Waals surface area contributed by atoms with Crippen molar-refractivity contribution in [2.24, 2.45) is 0 Å². The predicted octanol–water partition coefficient (Wildman–Crippen LogP) is 6.77. The van der Waals surface area contributed by atoms with Gasteiger partial charge in [0.05, 0.1) is 6.04 Å². The van der Waals surface area contributed by atoms with Crippen molar-refractivity contribution in [1.82, 2.24) is 4.90 Å². The van der Waals surface area contributed by atoms with Gasteiger partial charge in [0.1, 0.15) is 0 Å². The summed E-state index contributed by atoms with van der Waals surface area (Å²) < 4.78 is 0. The molecule has 5 heteroatoms. The minimum Gasteiger partial charge on any atom is -0.312 e. The second-order valence-corrected chi connectivity index (χ2v) is 9.75. The summed E-state index contributed by atoms with van der Waals surface area (Å²) in [4.78, 5) is 18.3. The maximum Gasteiger partial charge on any atom is 0.322 e. The molecule has 1 atom stereocenters. The van der Waals surface area contributed by atoms with Gasteiger partial charge in [0, 0.05) is 27.0 Å². The second-order valence-electron chi connectivity index (χ2n) is 8.20. The van der Waals surface area contributed by atoms with Crippen LogP contribution in [0.15, 0.2) is 48.5 Å². The maximum absolute atomic E-state index is 13.4. The van der Waals surface area contributed by atoms with Crippen LogP contribution in [0.1, 0.15) is 50.9 Å². The van der Waals surface area contributed by atoms with Crippen LogP contribution in [0.25, 0.3) is 0 Å². The predicted molar refractivity (Wildman–Crippen MR) is 125 cm³/mol. The number of fused-ring (bicyclic) bond motifs is 3. The summed E-state index contributed by atoms with van der Waals surface area (Å²) >= 11 is 8.20. The molecule has 5 rings (SSSR count). The number of thiophene rings is 1. The Bertz CT molecular complexity index is 1090. The summed E-state index contributed by atoms with van der Waals surface area (Å²) in [7, 11) is 0. The van der Waals surface area contributed by atoms with E-state index in [4.69, 9.17) is 11.6 Å². The van der Waals surface area contributed by atoms with Crippen molar-refractivity contribution >= 4 is 34.7 Å². The van der Waals surface area contributed by atoms with Crippen molar-refractivity contribution in [3.8, 4) is 0 Å². The van der Waals surface area contributed by atoms with E-state index in [1.165, 1.54) is 41.7 Å². The first-order valence-electron chi connectivity index (χ1n) is 10.6. The summed E-state index contributed by atoms with van der Waals surface area (Å²) in [6, 6.07) is 16.0. The Kier molecular flexibility index (Phi) is 5.30. The van der Waals surface area contributed by atoms with Gasteiger partial charge >= 0.3 is 6.03 Å². The number of hydrogen-bond acceptors (Lipinski definition) is 2. The van der Waals surface area contributed by atoms with E-state index in [9.17, 15) is 4.79 Å². The number of nitrogens with zero attached hydrogens (tertiary/aromatic N) is 1. The van der Waals surface area contributed by atoms with Gasteiger partial charge < -0.3 is 10.2 Å². The van der Waals surface area contributed by atoms with E-state index in [0.29, 0.717) is 5.02 Å². The fraction of sp³-hybridized carbons (Fsp3) is 0.320. The highest BCUT2D eigenvalue weighted by molar-refractivity contribution is 7.12. The molecule has 3 nitrogen and oxygen atoms in total. The Hall–Kier alpha value is -2.30. The number of benzene rings is 2. The van der Waals surface area contributed by atoms with Crippen LogP contribution in [0, 0.1) is 6.92 Å². The molecule has 1 unspecified atom stereocenters. The van der Waals surface area contributed by atoms with Crippen LogP contribution in [0.3, 0.4) is 0 Å². The number of halogens is 1. The lowest BCUT2D eigenvalue weighted by molar-refractivity contribution is 0.195. The fourth-order valence-corrected chi connectivity index (χ4v) is 6.47. The highest BCUT2D eigenvalue weighted by atomic mass is 35.5. The Morgan fingerprint density at radius 3 is 2.67 bits per heavy atom. The van der Waals surface area contributed by atoms with Gasteiger partial charge in [-0.3, -0.25) is 0 Å². The monoisotopic (exact) mass is 436 g/mol. The number of anilines is 1. The first-order chi connectivity index (χ1) is 14.6. The summed E-state index contributed by atoms with van der Waals surface area (Å²) in [5.74, 6) is 0. The van der Waals surface area contributed by atoms with Gasteiger partial charge in [0.25, 0.3) is 0 Å². The van der Waals surface area contributed by atoms with Crippen LogP contribution < -0.4 is 5.32 Å². The average molecular weight is 437 g/mol. The zero-order valence-corrected chi connectivity index (χ0v) is 18.7. The van der Waals surface area contributed by atoms with E-state index in [1.807, 2.05) is 47.4 Å². The maximum atomic E-state index is 13.4. The Morgan fingerprint density at radius 1 is 1.07 bits per heavy atom. The minimum atomic E-state index is -0.0687. The molecule has 3 aromatic rings. The third-order valence-corrected chi connectivity index (χ3v) is 8.07. The van der Waals surface area contributed by atoms with Gasteiger partial charge in [-0.2, -0.15) is 0 Å². The van der Waals surface area contributed by atoms with E-state index < -0.39 is 0 Å². The lowest BCUT2D eigenvalue weighted by Crippen LogP contribution is -2.42. The molecule has 0 saturated carbocycles. The normalized spacial score (nSPS) is 17.9. The Balaban J connectivity index is 1.52. The molecule has 154 valence electrons. The van der Waals surface area contributed by atoms with Crippen molar-refractivity contribution in [1.29, 1.82) is 0 Å². The first-order valence-corrected chi connectivity index (χ1v) is 11.8. The molecule has 30 heavy (non-hydrogen) atoms. The van der Waals surface area contributed by atoms with Crippen LogP contribution in [-0.2, 0) is 19.3 Å². The standard InChI is InChI=1S/C25H25ClN2OS/c1-16-11-12-18(15-21(16)26)27-25(29)28-14-13-20-19-9-5-6-10-22(19)30-24(20)23(28)17-7-3-2-4-8-17/h2-4,7-8,11-12,15,23H,5-6,9-10,13-14H2,1H3,(H,27,29). The highest BCUT2D eigenvalue weighted by Gasteiger charge is 2.36. The third kappa shape index (κ3) is 3.52. The third-order valence-electron chi connectivity index (χ3n) is 6.27. The molecule has 0 fully saturated rings. The molecule has 1 aliphatic carbocycles. The van der Waals surface area contributed by atoms with Crippen molar-refractivity contribution in [3.63, 3.8) is 0 Å². The summed E-state index contributed by atoms with van der Waals surface area (Å²) in [5, 5.41) is 3.75. The molecule has 2 aromatic carbocycles. The lowest BCUT2D eigenvalue weighted by Gasteiger charge is -2.36. The molecule has 2 aliphatic rings.